The largest absolute Gasteiger partial charge is 0.348 e. The van der Waals surface area contributed by atoms with Gasteiger partial charge in [0.15, 0.2) is 0 Å². The molecule has 0 aliphatic heterocycles. The van der Waals surface area contributed by atoms with Gasteiger partial charge in [0.25, 0.3) is 0 Å². The molecule has 4 nitrogen and oxygen atoms in total. The van der Waals surface area contributed by atoms with E-state index in [-0.39, 0.29) is 6.04 Å². The summed E-state index contributed by atoms with van der Waals surface area (Å²) < 4.78 is 5.41. The molecule has 1 atom stereocenters. The second kappa shape index (κ2) is 7.27. The summed E-state index contributed by atoms with van der Waals surface area (Å²) in [4.78, 5) is 0. The van der Waals surface area contributed by atoms with E-state index in [2.05, 4.69) is 69.5 Å². The van der Waals surface area contributed by atoms with Crippen LogP contribution in [0.3, 0.4) is 0 Å². The lowest BCUT2D eigenvalue weighted by atomic mass is 10.1. The van der Waals surface area contributed by atoms with Crippen LogP contribution in [0.2, 0.25) is 0 Å². The quantitative estimate of drug-likeness (QED) is 0.821. The zero-order chi connectivity index (χ0) is 15.4. The zero-order valence-corrected chi connectivity index (χ0v) is 14.7. The first-order valence-electron chi connectivity index (χ1n) is 7.75. The first-order valence-corrected chi connectivity index (χ1v) is 8.55. The maximum absolute atomic E-state index is 6.18. The third kappa shape index (κ3) is 3.58. The van der Waals surface area contributed by atoms with Crippen molar-refractivity contribution in [2.24, 2.45) is 5.73 Å². The molecule has 5 heteroatoms. The second-order valence-corrected chi connectivity index (χ2v) is 6.18. The Bertz CT molecular complexity index is 585. The van der Waals surface area contributed by atoms with Crippen LogP contribution in [0.25, 0.3) is 0 Å². The average molecular weight is 353 g/mol. The van der Waals surface area contributed by atoms with Crippen molar-refractivity contribution < 1.29 is 0 Å². The van der Waals surface area contributed by atoms with Crippen LogP contribution in [-0.2, 0) is 19.5 Å². The summed E-state index contributed by atoms with van der Waals surface area (Å²) in [5, 5.41) is 4.65. The molecule has 2 N–H and O–H groups in total. The van der Waals surface area contributed by atoms with Crippen LogP contribution in [0.15, 0.2) is 22.9 Å². The second-order valence-electron chi connectivity index (χ2n) is 5.39. The lowest BCUT2D eigenvalue weighted by Crippen LogP contribution is -2.09. The van der Waals surface area contributed by atoms with Crippen LogP contribution in [0.4, 0.5) is 0 Å². The molecule has 0 fully saturated rings. The van der Waals surface area contributed by atoms with Crippen LogP contribution < -0.4 is 5.73 Å². The Morgan fingerprint density at radius 1 is 1.33 bits per heavy atom. The van der Waals surface area contributed by atoms with Gasteiger partial charge in [-0.05, 0) is 47.3 Å². The lowest BCUT2D eigenvalue weighted by molar-refractivity contribution is 0.592. The Morgan fingerprint density at radius 3 is 2.71 bits per heavy atom. The van der Waals surface area contributed by atoms with Crippen molar-refractivity contribution in [1.82, 2.24) is 14.3 Å². The highest BCUT2D eigenvalue weighted by atomic mass is 79.9. The molecule has 21 heavy (non-hydrogen) atoms. The minimum absolute atomic E-state index is 0.141. The molecule has 1 unspecified atom stereocenters. The molecule has 2 aromatic heterocycles. The molecule has 0 amide bonds. The van der Waals surface area contributed by atoms with Crippen LogP contribution in [-0.4, -0.2) is 14.3 Å². The fourth-order valence-electron chi connectivity index (χ4n) is 2.60. The molecule has 0 aliphatic carbocycles. The summed E-state index contributed by atoms with van der Waals surface area (Å²) >= 11 is 3.70. The lowest BCUT2D eigenvalue weighted by Gasteiger charge is -2.09. The topological polar surface area (TPSA) is 48.8 Å². The molecule has 2 aromatic rings. The van der Waals surface area contributed by atoms with Crippen molar-refractivity contribution >= 4 is 15.9 Å². The van der Waals surface area contributed by atoms with E-state index in [1.54, 1.807) is 0 Å². The number of nitrogens with two attached hydrogens (primary N) is 1. The molecule has 0 aromatic carbocycles. The maximum atomic E-state index is 6.18. The molecule has 2 heterocycles. The van der Waals surface area contributed by atoms with Gasteiger partial charge in [0.1, 0.15) is 0 Å². The third-order valence-electron chi connectivity index (χ3n) is 3.83. The van der Waals surface area contributed by atoms with E-state index < -0.39 is 0 Å². The molecule has 0 saturated carbocycles. The van der Waals surface area contributed by atoms with Gasteiger partial charge in [-0.2, -0.15) is 5.10 Å². The first-order chi connectivity index (χ1) is 10.1. The Kier molecular flexibility index (Phi) is 5.65. The van der Waals surface area contributed by atoms with Gasteiger partial charge in [0.05, 0.1) is 22.4 Å². The van der Waals surface area contributed by atoms with Gasteiger partial charge in [-0.1, -0.05) is 20.3 Å². The summed E-state index contributed by atoms with van der Waals surface area (Å²) in [7, 11) is 0. The molecule has 0 bridgehead atoms. The van der Waals surface area contributed by atoms with Crippen molar-refractivity contribution in [2.75, 3.05) is 0 Å². The van der Waals surface area contributed by atoms with Crippen LogP contribution >= 0.6 is 15.9 Å². The SMILES string of the molecule is CCCC(N)c1ccn(Cc2c(Br)c(CC)nn2CC)c1. The highest BCUT2D eigenvalue weighted by Gasteiger charge is 2.14. The molecule has 0 spiro atoms. The Labute approximate surface area is 135 Å². The normalized spacial score (nSPS) is 12.8. The number of aromatic nitrogens is 3. The van der Waals surface area contributed by atoms with Crippen molar-refractivity contribution in [3.63, 3.8) is 0 Å². The fraction of sp³-hybridized carbons (Fsp3) is 0.562. The van der Waals surface area contributed by atoms with E-state index in [0.717, 1.165) is 42.5 Å². The monoisotopic (exact) mass is 352 g/mol. The molecule has 0 saturated heterocycles. The van der Waals surface area contributed by atoms with Gasteiger partial charge >= 0.3 is 0 Å². The van der Waals surface area contributed by atoms with Gasteiger partial charge in [0, 0.05) is 25.0 Å². The van der Waals surface area contributed by atoms with Gasteiger partial charge in [-0.25, -0.2) is 0 Å². The van der Waals surface area contributed by atoms with Crippen LogP contribution in [0, 0.1) is 0 Å². The average Bonchev–Trinajstić information content (AvgIpc) is 3.06. The summed E-state index contributed by atoms with van der Waals surface area (Å²) in [6.45, 7) is 8.13. The first kappa shape index (κ1) is 16.3. The highest BCUT2D eigenvalue weighted by Crippen LogP contribution is 2.24. The zero-order valence-electron chi connectivity index (χ0n) is 13.1. The summed E-state index contributed by atoms with van der Waals surface area (Å²) in [6.07, 6.45) is 7.35. The molecule has 2 rings (SSSR count). The van der Waals surface area contributed by atoms with Gasteiger partial charge < -0.3 is 10.3 Å². The Hall–Kier alpha value is -1.07. The minimum atomic E-state index is 0.141. The van der Waals surface area contributed by atoms with E-state index in [1.807, 2.05) is 0 Å². The predicted molar refractivity (Wildman–Crippen MR) is 90.3 cm³/mol. The Balaban J connectivity index is 2.20. The van der Waals surface area contributed by atoms with Gasteiger partial charge in [-0.15, -0.1) is 0 Å². The van der Waals surface area contributed by atoms with Gasteiger partial charge in [-0.3, -0.25) is 4.68 Å². The molecule has 0 radical (unpaired) electrons. The molecule has 0 aliphatic rings. The van der Waals surface area contributed by atoms with E-state index >= 15 is 0 Å². The maximum Gasteiger partial charge on any atom is 0.0767 e. The standard InChI is InChI=1S/C16H25BrN4/c1-4-7-13(18)12-8-9-20(10-12)11-15-16(17)14(5-2)19-21(15)6-3/h8-10,13H,4-7,11,18H2,1-3H3. The number of rotatable bonds is 7. The number of aryl methyl sites for hydroxylation is 2. The smallest absolute Gasteiger partial charge is 0.0767 e. The van der Waals surface area contributed by atoms with E-state index in [0.29, 0.717) is 0 Å². The Morgan fingerprint density at radius 2 is 2.10 bits per heavy atom. The molecular formula is C16H25BrN4. The highest BCUT2D eigenvalue weighted by molar-refractivity contribution is 9.10. The summed E-state index contributed by atoms with van der Waals surface area (Å²) in [5.41, 5.74) is 9.75. The van der Waals surface area contributed by atoms with Crippen molar-refractivity contribution in [2.45, 2.75) is 59.2 Å². The molecular weight excluding hydrogens is 328 g/mol. The predicted octanol–water partition coefficient (Wildman–Crippen LogP) is 3.88. The summed E-state index contributed by atoms with van der Waals surface area (Å²) in [6, 6.07) is 2.27. The number of halogens is 1. The summed E-state index contributed by atoms with van der Waals surface area (Å²) in [5.74, 6) is 0. The van der Waals surface area contributed by atoms with E-state index in [4.69, 9.17) is 5.73 Å². The van der Waals surface area contributed by atoms with Crippen molar-refractivity contribution in [3.8, 4) is 0 Å². The van der Waals surface area contributed by atoms with Crippen LogP contribution in [0.1, 0.15) is 56.6 Å². The third-order valence-corrected chi connectivity index (χ3v) is 4.74. The van der Waals surface area contributed by atoms with E-state index in [9.17, 15) is 0 Å². The molecule has 116 valence electrons. The van der Waals surface area contributed by atoms with Crippen molar-refractivity contribution in [1.29, 1.82) is 0 Å². The van der Waals surface area contributed by atoms with E-state index in [1.165, 1.54) is 11.3 Å². The van der Waals surface area contributed by atoms with Crippen LogP contribution in [0.5, 0.6) is 0 Å². The van der Waals surface area contributed by atoms with Gasteiger partial charge in [0.2, 0.25) is 0 Å². The number of nitrogens with zero attached hydrogens (tertiary/aromatic N) is 3. The number of hydrogen-bond acceptors (Lipinski definition) is 2. The minimum Gasteiger partial charge on any atom is -0.348 e. The van der Waals surface area contributed by atoms with Crippen molar-refractivity contribution in [3.05, 3.63) is 39.9 Å². The number of hydrogen-bond donors (Lipinski definition) is 1. The fourth-order valence-corrected chi connectivity index (χ4v) is 3.29.